The van der Waals surface area contributed by atoms with Crippen molar-refractivity contribution in [2.75, 3.05) is 6.61 Å². The van der Waals surface area contributed by atoms with Crippen LogP contribution in [0.3, 0.4) is 0 Å². The third kappa shape index (κ3) is 5.21. The van der Waals surface area contributed by atoms with E-state index in [1.54, 1.807) is 0 Å². The van der Waals surface area contributed by atoms with Crippen LogP contribution in [0.1, 0.15) is 20.3 Å². The lowest BCUT2D eigenvalue weighted by atomic mass is 10.2. The molecule has 0 amide bonds. The van der Waals surface area contributed by atoms with Gasteiger partial charge in [0.1, 0.15) is 11.8 Å². The molecule has 0 aromatic heterocycles. The SMILES string of the molecule is CC(C)NC(CCOc1ccc(F)c(F)c1)C(=O)O. The summed E-state index contributed by atoms with van der Waals surface area (Å²) < 4.78 is 30.8. The molecule has 0 spiro atoms. The van der Waals surface area contributed by atoms with Crippen molar-refractivity contribution < 1.29 is 23.4 Å². The van der Waals surface area contributed by atoms with E-state index in [4.69, 9.17) is 9.84 Å². The molecule has 0 heterocycles. The maximum atomic E-state index is 12.9. The molecule has 4 nitrogen and oxygen atoms in total. The fourth-order valence-electron chi connectivity index (χ4n) is 1.54. The van der Waals surface area contributed by atoms with E-state index in [9.17, 15) is 13.6 Å². The minimum absolute atomic E-state index is 0.0318. The maximum Gasteiger partial charge on any atom is 0.320 e. The molecule has 19 heavy (non-hydrogen) atoms. The quantitative estimate of drug-likeness (QED) is 0.799. The number of ether oxygens (including phenoxy) is 1. The lowest BCUT2D eigenvalue weighted by Gasteiger charge is -2.17. The summed E-state index contributed by atoms with van der Waals surface area (Å²) in [5.41, 5.74) is 0. The predicted molar refractivity (Wildman–Crippen MR) is 66.2 cm³/mol. The number of carboxylic acids is 1. The van der Waals surface area contributed by atoms with Crippen LogP contribution in [0.25, 0.3) is 0 Å². The van der Waals surface area contributed by atoms with Crippen LogP contribution in [0.2, 0.25) is 0 Å². The first-order valence-electron chi connectivity index (χ1n) is 5.97. The van der Waals surface area contributed by atoms with E-state index in [1.165, 1.54) is 6.07 Å². The van der Waals surface area contributed by atoms with Gasteiger partial charge in [0.2, 0.25) is 0 Å². The largest absolute Gasteiger partial charge is 0.493 e. The van der Waals surface area contributed by atoms with Gasteiger partial charge in [-0.05, 0) is 12.1 Å². The Hall–Kier alpha value is -1.69. The maximum absolute atomic E-state index is 12.9. The summed E-state index contributed by atoms with van der Waals surface area (Å²) >= 11 is 0. The van der Waals surface area contributed by atoms with Crippen molar-refractivity contribution in [2.45, 2.75) is 32.4 Å². The molecule has 0 radical (unpaired) electrons. The summed E-state index contributed by atoms with van der Waals surface area (Å²) in [4.78, 5) is 10.9. The van der Waals surface area contributed by atoms with Crippen molar-refractivity contribution in [3.63, 3.8) is 0 Å². The highest BCUT2D eigenvalue weighted by atomic mass is 19.2. The van der Waals surface area contributed by atoms with Crippen LogP contribution in [0.15, 0.2) is 18.2 Å². The Morgan fingerprint density at radius 3 is 2.58 bits per heavy atom. The zero-order valence-electron chi connectivity index (χ0n) is 10.8. The molecule has 0 aliphatic heterocycles. The van der Waals surface area contributed by atoms with Crippen LogP contribution in [-0.2, 0) is 4.79 Å². The average Bonchev–Trinajstić information content (AvgIpc) is 2.31. The molecule has 2 N–H and O–H groups in total. The zero-order valence-corrected chi connectivity index (χ0v) is 10.8. The summed E-state index contributed by atoms with van der Waals surface area (Å²) in [5.74, 6) is -2.74. The van der Waals surface area contributed by atoms with E-state index in [0.717, 1.165) is 12.1 Å². The topological polar surface area (TPSA) is 58.6 Å². The first kappa shape index (κ1) is 15.4. The van der Waals surface area contributed by atoms with Crippen LogP contribution >= 0.6 is 0 Å². The number of carboxylic acid groups (broad SMARTS) is 1. The van der Waals surface area contributed by atoms with Crippen molar-refractivity contribution >= 4 is 5.97 Å². The van der Waals surface area contributed by atoms with Gasteiger partial charge in [-0.25, -0.2) is 8.78 Å². The summed E-state index contributed by atoms with van der Waals surface area (Å²) in [6.07, 6.45) is 0.229. The summed E-state index contributed by atoms with van der Waals surface area (Å²) in [5, 5.41) is 11.8. The van der Waals surface area contributed by atoms with Crippen molar-refractivity contribution in [3.05, 3.63) is 29.8 Å². The Morgan fingerprint density at radius 2 is 2.05 bits per heavy atom. The summed E-state index contributed by atoms with van der Waals surface area (Å²) in [6, 6.07) is 2.49. The van der Waals surface area contributed by atoms with Gasteiger partial charge < -0.3 is 15.2 Å². The zero-order chi connectivity index (χ0) is 14.4. The second-order valence-electron chi connectivity index (χ2n) is 4.43. The first-order valence-corrected chi connectivity index (χ1v) is 5.97. The van der Waals surface area contributed by atoms with Crippen LogP contribution in [0.5, 0.6) is 5.75 Å². The highest BCUT2D eigenvalue weighted by Gasteiger charge is 2.17. The third-order valence-corrected chi connectivity index (χ3v) is 2.40. The second kappa shape index (κ2) is 7.04. The Bertz CT molecular complexity index is 438. The summed E-state index contributed by atoms with van der Waals surface area (Å²) in [7, 11) is 0. The van der Waals surface area contributed by atoms with Crippen molar-refractivity contribution in [2.24, 2.45) is 0 Å². The molecule has 0 saturated heterocycles. The Kier molecular flexibility index (Phi) is 5.69. The number of halogens is 2. The number of benzene rings is 1. The minimum Gasteiger partial charge on any atom is -0.493 e. The molecule has 1 rings (SSSR count). The van der Waals surface area contributed by atoms with Crippen LogP contribution in [0, 0.1) is 11.6 Å². The van der Waals surface area contributed by atoms with Crippen molar-refractivity contribution in [3.8, 4) is 5.75 Å². The van der Waals surface area contributed by atoms with E-state index >= 15 is 0 Å². The van der Waals surface area contributed by atoms with Gasteiger partial charge in [-0.1, -0.05) is 13.8 Å². The third-order valence-electron chi connectivity index (χ3n) is 2.40. The number of rotatable bonds is 7. The van der Waals surface area contributed by atoms with Gasteiger partial charge in [0.25, 0.3) is 0 Å². The van der Waals surface area contributed by atoms with Gasteiger partial charge in [0.05, 0.1) is 6.61 Å². The minimum atomic E-state index is -0.993. The van der Waals surface area contributed by atoms with E-state index < -0.39 is 23.6 Å². The molecular weight excluding hydrogens is 256 g/mol. The average molecular weight is 273 g/mol. The van der Waals surface area contributed by atoms with Crippen LogP contribution in [-0.4, -0.2) is 29.8 Å². The molecule has 1 unspecified atom stereocenters. The smallest absolute Gasteiger partial charge is 0.320 e. The van der Waals surface area contributed by atoms with Crippen molar-refractivity contribution in [1.82, 2.24) is 5.32 Å². The molecule has 1 aromatic rings. The second-order valence-corrected chi connectivity index (χ2v) is 4.43. The van der Waals surface area contributed by atoms with Gasteiger partial charge in [0.15, 0.2) is 11.6 Å². The lowest BCUT2D eigenvalue weighted by Crippen LogP contribution is -2.41. The van der Waals surface area contributed by atoms with Crippen LogP contribution < -0.4 is 10.1 Å². The van der Waals surface area contributed by atoms with E-state index in [-0.39, 0.29) is 24.8 Å². The highest BCUT2D eigenvalue weighted by Crippen LogP contribution is 2.15. The van der Waals surface area contributed by atoms with Gasteiger partial charge in [-0.2, -0.15) is 0 Å². The fourth-order valence-corrected chi connectivity index (χ4v) is 1.54. The Labute approximate surface area is 110 Å². The molecule has 0 aliphatic carbocycles. The fraction of sp³-hybridized carbons (Fsp3) is 0.462. The van der Waals surface area contributed by atoms with Crippen molar-refractivity contribution in [1.29, 1.82) is 0 Å². The predicted octanol–water partition coefficient (Wildman–Crippen LogP) is 2.18. The Morgan fingerprint density at radius 1 is 1.37 bits per heavy atom. The van der Waals surface area contributed by atoms with Gasteiger partial charge in [-0.15, -0.1) is 0 Å². The van der Waals surface area contributed by atoms with Gasteiger partial charge >= 0.3 is 5.97 Å². The number of hydrogen-bond acceptors (Lipinski definition) is 3. The molecule has 106 valence electrons. The van der Waals surface area contributed by atoms with E-state index in [0.29, 0.717) is 0 Å². The molecule has 1 atom stereocenters. The molecule has 6 heteroatoms. The molecule has 0 bridgehead atoms. The highest BCUT2D eigenvalue weighted by molar-refractivity contribution is 5.73. The molecule has 1 aromatic carbocycles. The molecular formula is C13H17F2NO3. The Balaban J connectivity index is 2.47. The standard InChI is InChI=1S/C13H17F2NO3/c1-8(2)16-12(13(17)18)5-6-19-9-3-4-10(14)11(15)7-9/h3-4,7-8,12,16H,5-6H2,1-2H3,(H,17,18). The number of aliphatic carboxylic acids is 1. The molecule has 0 fully saturated rings. The van der Waals surface area contributed by atoms with Crippen LogP contribution in [0.4, 0.5) is 8.78 Å². The van der Waals surface area contributed by atoms with Gasteiger partial charge in [0, 0.05) is 18.5 Å². The number of nitrogens with one attached hydrogen (secondary N) is 1. The number of carbonyl (C=O) groups is 1. The van der Waals surface area contributed by atoms with E-state index in [2.05, 4.69) is 5.32 Å². The summed E-state index contributed by atoms with van der Waals surface area (Å²) in [6.45, 7) is 3.78. The number of hydrogen-bond donors (Lipinski definition) is 2. The molecule has 0 aliphatic rings. The lowest BCUT2D eigenvalue weighted by molar-refractivity contribution is -0.140. The van der Waals surface area contributed by atoms with Gasteiger partial charge in [-0.3, -0.25) is 4.79 Å². The van der Waals surface area contributed by atoms with E-state index in [1.807, 2.05) is 13.8 Å². The monoisotopic (exact) mass is 273 g/mol. The molecule has 0 saturated carbocycles. The normalized spacial score (nSPS) is 12.5. The first-order chi connectivity index (χ1) is 8.90.